The van der Waals surface area contributed by atoms with Crippen molar-refractivity contribution in [2.24, 2.45) is 10.7 Å². The Kier molecular flexibility index (Phi) is 7.93. The molecule has 0 saturated heterocycles. The Labute approximate surface area is 156 Å². The van der Waals surface area contributed by atoms with Crippen LogP contribution >= 0.6 is 35.3 Å². The Morgan fingerprint density at radius 1 is 1.35 bits per heavy atom. The maximum absolute atomic E-state index is 12.9. The molecular weight excluding hydrogens is 428 g/mol. The average Bonchev–Trinajstić information content (AvgIpc) is 2.99. The van der Waals surface area contributed by atoms with Gasteiger partial charge in [0, 0.05) is 11.4 Å². The maximum Gasteiger partial charge on any atom is 0.188 e. The summed E-state index contributed by atoms with van der Waals surface area (Å²) in [5.74, 6) is -0.0447. The molecule has 2 aromatic rings. The Bertz CT molecular complexity index is 615. The van der Waals surface area contributed by atoms with Crippen LogP contribution < -0.4 is 11.1 Å². The molecule has 4 nitrogen and oxygen atoms in total. The van der Waals surface area contributed by atoms with Gasteiger partial charge in [0.05, 0.1) is 6.54 Å². The highest BCUT2D eigenvalue weighted by Crippen LogP contribution is 2.21. The molecular formula is C16H21FIN3OS. The van der Waals surface area contributed by atoms with Gasteiger partial charge in [-0.3, -0.25) is 4.99 Å². The fourth-order valence-electron chi connectivity index (χ4n) is 1.96. The largest absolute Gasteiger partial charge is 0.384 e. The molecule has 0 bridgehead atoms. The van der Waals surface area contributed by atoms with Crippen molar-refractivity contribution in [1.29, 1.82) is 0 Å². The molecule has 1 unspecified atom stereocenters. The smallest absolute Gasteiger partial charge is 0.188 e. The van der Waals surface area contributed by atoms with Gasteiger partial charge >= 0.3 is 0 Å². The first-order chi connectivity index (χ1) is 10.5. The Hall–Kier alpha value is -1.19. The van der Waals surface area contributed by atoms with Gasteiger partial charge in [0.15, 0.2) is 5.96 Å². The lowest BCUT2D eigenvalue weighted by atomic mass is 9.96. The van der Waals surface area contributed by atoms with Crippen LogP contribution in [0, 0.1) is 5.82 Å². The average molecular weight is 449 g/mol. The van der Waals surface area contributed by atoms with Crippen molar-refractivity contribution in [1.82, 2.24) is 5.32 Å². The van der Waals surface area contributed by atoms with E-state index in [1.54, 1.807) is 30.4 Å². The fraction of sp³-hybridized carbons (Fsp3) is 0.312. The number of nitrogens with two attached hydrogens (primary N) is 1. The SMILES string of the molecule is CC(O)(CN=C(N)NCCc1cccs1)c1ccc(F)cc1.I. The fourth-order valence-corrected chi connectivity index (χ4v) is 2.67. The molecule has 1 aromatic heterocycles. The van der Waals surface area contributed by atoms with Crippen molar-refractivity contribution >= 4 is 41.3 Å². The number of guanidine groups is 1. The molecule has 1 heterocycles. The molecule has 0 aliphatic heterocycles. The molecule has 0 aliphatic carbocycles. The number of aliphatic imine (C=N–C) groups is 1. The summed E-state index contributed by atoms with van der Waals surface area (Å²) in [7, 11) is 0. The number of aliphatic hydroxyl groups is 1. The number of rotatable bonds is 6. The van der Waals surface area contributed by atoms with Gasteiger partial charge in [0.2, 0.25) is 0 Å². The molecule has 0 radical (unpaired) electrons. The maximum atomic E-state index is 12.9. The number of nitrogens with one attached hydrogen (secondary N) is 1. The van der Waals surface area contributed by atoms with Gasteiger partial charge in [-0.1, -0.05) is 18.2 Å². The number of thiophene rings is 1. The van der Waals surface area contributed by atoms with Crippen LogP contribution in [0.15, 0.2) is 46.8 Å². The first kappa shape index (κ1) is 19.9. The lowest BCUT2D eigenvalue weighted by molar-refractivity contribution is 0.0672. The van der Waals surface area contributed by atoms with Gasteiger partial charge in [-0.15, -0.1) is 35.3 Å². The third-order valence-electron chi connectivity index (χ3n) is 3.28. The number of hydrogen-bond acceptors (Lipinski definition) is 3. The second-order valence-corrected chi connectivity index (χ2v) is 6.27. The Morgan fingerprint density at radius 3 is 2.65 bits per heavy atom. The highest BCUT2D eigenvalue weighted by Gasteiger charge is 2.22. The minimum absolute atomic E-state index is 0. The molecule has 0 spiro atoms. The summed E-state index contributed by atoms with van der Waals surface area (Å²) < 4.78 is 12.9. The predicted molar refractivity (Wildman–Crippen MR) is 104 cm³/mol. The summed E-state index contributed by atoms with van der Waals surface area (Å²) in [5.41, 5.74) is 5.21. The zero-order valence-electron chi connectivity index (χ0n) is 12.8. The van der Waals surface area contributed by atoms with Gasteiger partial charge < -0.3 is 16.2 Å². The van der Waals surface area contributed by atoms with Crippen LogP contribution in [0.2, 0.25) is 0 Å². The zero-order valence-corrected chi connectivity index (χ0v) is 16.0. The van der Waals surface area contributed by atoms with Crippen LogP contribution in [-0.4, -0.2) is 24.2 Å². The standard InChI is InChI=1S/C16H20FN3OS.HI/c1-16(21,12-4-6-13(17)7-5-12)11-20-15(18)19-9-8-14-3-2-10-22-14;/h2-7,10,21H,8-9,11H2,1H3,(H3,18,19,20);1H. The van der Waals surface area contributed by atoms with E-state index in [1.807, 2.05) is 11.4 Å². The first-order valence-electron chi connectivity index (χ1n) is 7.02. The molecule has 2 rings (SSSR count). The normalized spacial score (nSPS) is 14.0. The second kappa shape index (κ2) is 9.19. The molecule has 23 heavy (non-hydrogen) atoms. The molecule has 4 N–H and O–H groups in total. The van der Waals surface area contributed by atoms with Gasteiger partial charge in [-0.25, -0.2) is 4.39 Å². The monoisotopic (exact) mass is 449 g/mol. The minimum atomic E-state index is -1.19. The van der Waals surface area contributed by atoms with Crippen LogP contribution in [0.4, 0.5) is 4.39 Å². The van der Waals surface area contributed by atoms with Crippen molar-refractivity contribution in [3.8, 4) is 0 Å². The first-order valence-corrected chi connectivity index (χ1v) is 7.90. The topological polar surface area (TPSA) is 70.6 Å². The molecule has 0 amide bonds. The van der Waals surface area contributed by atoms with E-state index in [1.165, 1.54) is 17.0 Å². The van der Waals surface area contributed by atoms with Gasteiger partial charge in [-0.2, -0.15) is 0 Å². The summed E-state index contributed by atoms with van der Waals surface area (Å²) in [5, 5.41) is 15.4. The van der Waals surface area contributed by atoms with Crippen molar-refractivity contribution in [3.05, 3.63) is 58.0 Å². The molecule has 126 valence electrons. The number of hydrogen-bond donors (Lipinski definition) is 3. The number of nitrogens with zero attached hydrogens (tertiary/aromatic N) is 1. The molecule has 7 heteroatoms. The zero-order chi connectivity index (χ0) is 16.0. The van der Waals surface area contributed by atoms with Crippen molar-refractivity contribution in [2.75, 3.05) is 13.1 Å². The Balaban J connectivity index is 0.00000264. The van der Waals surface area contributed by atoms with Crippen LogP contribution in [0.1, 0.15) is 17.4 Å². The van der Waals surface area contributed by atoms with E-state index in [0.29, 0.717) is 18.1 Å². The van der Waals surface area contributed by atoms with E-state index < -0.39 is 5.60 Å². The molecule has 0 saturated carbocycles. The highest BCUT2D eigenvalue weighted by molar-refractivity contribution is 14.0. The Morgan fingerprint density at radius 2 is 2.04 bits per heavy atom. The lowest BCUT2D eigenvalue weighted by Crippen LogP contribution is -2.35. The highest BCUT2D eigenvalue weighted by atomic mass is 127. The summed E-state index contributed by atoms with van der Waals surface area (Å²) in [6.07, 6.45) is 0.877. The van der Waals surface area contributed by atoms with E-state index >= 15 is 0 Å². The number of halogens is 2. The van der Waals surface area contributed by atoms with E-state index in [9.17, 15) is 9.50 Å². The quantitative estimate of drug-likeness (QED) is 0.361. The van der Waals surface area contributed by atoms with Crippen molar-refractivity contribution < 1.29 is 9.50 Å². The van der Waals surface area contributed by atoms with Crippen LogP contribution in [0.5, 0.6) is 0 Å². The lowest BCUT2D eigenvalue weighted by Gasteiger charge is -2.22. The predicted octanol–water partition coefficient (Wildman–Crippen LogP) is 2.86. The van der Waals surface area contributed by atoms with Gasteiger partial charge in [-0.05, 0) is 42.5 Å². The molecule has 0 aliphatic rings. The second-order valence-electron chi connectivity index (χ2n) is 5.24. The third-order valence-corrected chi connectivity index (χ3v) is 4.22. The van der Waals surface area contributed by atoms with E-state index in [0.717, 1.165) is 6.42 Å². The molecule has 0 fully saturated rings. The van der Waals surface area contributed by atoms with Gasteiger partial charge in [0.25, 0.3) is 0 Å². The van der Waals surface area contributed by atoms with Crippen LogP contribution in [-0.2, 0) is 12.0 Å². The molecule has 1 aromatic carbocycles. The number of benzene rings is 1. The summed E-state index contributed by atoms with van der Waals surface area (Å²) >= 11 is 1.70. The van der Waals surface area contributed by atoms with Crippen LogP contribution in [0.25, 0.3) is 0 Å². The van der Waals surface area contributed by atoms with Crippen LogP contribution in [0.3, 0.4) is 0 Å². The van der Waals surface area contributed by atoms with Crippen molar-refractivity contribution in [2.45, 2.75) is 18.9 Å². The van der Waals surface area contributed by atoms with Crippen molar-refractivity contribution in [3.63, 3.8) is 0 Å². The van der Waals surface area contributed by atoms with E-state index in [-0.39, 0.29) is 36.3 Å². The van der Waals surface area contributed by atoms with Gasteiger partial charge in [0.1, 0.15) is 11.4 Å². The minimum Gasteiger partial charge on any atom is -0.384 e. The van der Waals surface area contributed by atoms with E-state index in [2.05, 4.69) is 16.4 Å². The van der Waals surface area contributed by atoms with E-state index in [4.69, 9.17) is 5.73 Å². The summed E-state index contributed by atoms with van der Waals surface area (Å²) in [6, 6.07) is 9.80. The summed E-state index contributed by atoms with van der Waals surface area (Å²) in [4.78, 5) is 5.43. The summed E-state index contributed by atoms with van der Waals surface area (Å²) in [6.45, 7) is 2.42. The third kappa shape index (κ3) is 6.44. The molecule has 1 atom stereocenters.